The molecule has 1 aromatic carbocycles. The number of halogens is 1. The average molecular weight is 255 g/mol. The van der Waals surface area contributed by atoms with Crippen LogP contribution in [0.2, 0.25) is 5.02 Å². The molecule has 1 saturated heterocycles. The highest BCUT2D eigenvalue weighted by molar-refractivity contribution is 6.33. The molecule has 1 aliphatic rings. The van der Waals surface area contributed by atoms with Gasteiger partial charge in [0.2, 0.25) is 0 Å². The van der Waals surface area contributed by atoms with Crippen molar-refractivity contribution in [3.8, 4) is 0 Å². The number of nitrogens with two attached hydrogens (primary N) is 1. The Balaban J connectivity index is 2.16. The van der Waals surface area contributed by atoms with Crippen molar-refractivity contribution in [1.29, 1.82) is 0 Å². The zero-order valence-electron chi connectivity index (χ0n) is 10.1. The summed E-state index contributed by atoms with van der Waals surface area (Å²) in [5.74, 6) is 0. The second-order valence-corrected chi connectivity index (χ2v) is 5.12. The molecule has 0 aromatic heterocycles. The summed E-state index contributed by atoms with van der Waals surface area (Å²) < 4.78 is 0. The van der Waals surface area contributed by atoms with E-state index < -0.39 is 0 Å². The Kier molecular flexibility index (Phi) is 3.92. The number of aliphatic hydroxyl groups excluding tert-OH is 1. The zero-order chi connectivity index (χ0) is 12.4. The zero-order valence-corrected chi connectivity index (χ0v) is 10.8. The van der Waals surface area contributed by atoms with E-state index in [2.05, 4.69) is 4.90 Å². The molecule has 0 radical (unpaired) electrons. The maximum absolute atomic E-state index is 9.48. The molecule has 4 heteroatoms. The second kappa shape index (κ2) is 5.25. The first-order valence-electron chi connectivity index (χ1n) is 6.06. The Labute approximate surface area is 107 Å². The van der Waals surface area contributed by atoms with Gasteiger partial charge in [0.25, 0.3) is 0 Å². The third-order valence-corrected chi connectivity index (χ3v) is 3.61. The molecule has 3 nitrogen and oxygen atoms in total. The van der Waals surface area contributed by atoms with Gasteiger partial charge in [-0.15, -0.1) is 0 Å². The minimum Gasteiger partial charge on any atom is -0.393 e. The topological polar surface area (TPSA) is 49.5 Å². The summed E-state index contributed by atoms with van der Waals surface area (Å²) in [4.78, 5) is 2.22. The number of nitrogens with zero attached hydrogens (tertiary/aromatic N) is 1. The highest BCUT2D eigenvalue weighted by Crippen LogP contribution is 2.30. The van der Waals surface area contributed by atoms with E-state index in [0.717, 1.165) is 42.2 Å². The van der Waals surface area contributed by atoms with E-state index in [4.69, 9.17) is 17.3 Å². The summed E-state index contributed by atoms with van der Waals surface area (Å²) in [5, 5.41) is 10.2. The van der Waals surface area contributed by atoms with E-state index in [0.29, 0.717) is 0 Å². The molecular formula is C13H19ClN2O. The lowest BCUT2D eigenvalue weighted by Crippen LogP contribution is -2.35. The molecule has 0 unspecified atom stereocenters. The van der Waals surface area contributed by atoms with Gasteiger partial charge < -0.3 is 15.7 Å². The van der Waals surface area contributed by atoms with E-state index in [9.17, 15) is 5.11 Å². The standard InChI is InChI=1S/C13H19ClN2O/c1-9(15)10-2-3-13(12(14)8-10)16-6-4-11(17)5-7-16/h2-3,8-9,11,17H,4-7,15H2,1H3/t9-/m0/s1. The van der Waals surface area contributed by atoms with Crippen LogP contribution in [0.4, 0.5) is 5.69 Å². The van der Waals surface area contributed by atoms with Crippen LogP contribution in [-0.4, -0.2) is 24.3 Å². The molecule has 1 heterocycles. The fourth-order valence-corrected chi connectivity index (χ4v) is 2.48. The minimum atomic E-state index is -0.159. The Morgan fingerprint density at radius 1 is 1.41 bits per heavy atom. The van der Waals surface area contributed by atoms with Crippen molar-refractivity contribution in [2.45, 2.75) is 31.9 Å². The summed E-state index contributed by atoms with van der Waals surface area (Å²) in [7, 11) is 0. The van der Waals surface area contributed by atoms with Gasteiger partial charge in [-0.05, 0) is 37.5 Å². The number of benzene rings is 1. The predicted octanol–water partition coefficient (Wildman–Crippen LogP) is 2.32. The summed E-state index contributed by atoms with van der Waals surface area (Å²) in [6.45, 7) is 3.67. The Bertz CT molecular complexity index is 387. The first kappa shape index (κ1) is 12.7. The summed E-state index contributed by atoms with van der Waals surface area (Å²) >= 11 is 6.28. The van der Waals surface area contributed by atoms with Gasteiger partial charge in [0.15, 0.2) is 0 Å². The SMILES string of the molecule is C[C@H](N)c1ccc(N2CCC(O)CC2)c(Cl)c1. The summed E-state index contributed by atoms with van der Waals surface area (Å²) in [6, 6.07) is 5.99. The second-order valence-electron chi connectivity index (χ2n) is 4.72. The molecule has 0 amide bonds. The number of rotatable bonds is 2. The van der Waals surface area contributed by atoms with Crippen molar-refractivity contribution < 1.29 is 5.11 Å². The molecule has 94 valence electrons. The number of hydrogen-bond acceptors (Lipinski definition) is 3. The van der Waals surface area contributed by atoms with Gasteiger partial charge in [0, 0.05) is 19.1 Å². The maximum Gasteiger partial charge on any atom is 0.0642 e. The van der Waals surface area contributed by atoms with Gasteiger partial charge in [0.1, 0.15) is 0 Å². The van der Waals surface area contributed by atoms with Gasteiger partial charge in [-0.1, -0.05) is 17.7 Å². The smallest absolute Gasteiger partial charge is 0.0642 e. The van der Waals surface area contributed by atoms with Crippen LogP contribution in [0.15, 0.2) is 18.2 Å². The quantitative estimate of drug-likeness (QED) is 0.852. The summed E-state index contributed by atoms with van der Waals surface area (Å²) in [5.41, 5.74) is 7.92. The van der Waals surface area contributed by atoms with E-state index in [1.165, 1.54) is 0 Å². The van der Waals surface area contributed by atoms with Crippen LogP contribution in [0.1, 0.15) is 31.4 Å². The fourth-order valence-electron chi connectivity index (χ4n) is 2.17. The van der Waals surface area contributed by atoms with Crippen molar-refractivity contribution in [3.05, 3.63) is 28.8 Å². The number of anilines is 1. The third-order valence-electron chi connectivity index (χ3n) is 3.30. The predicted molar refractivity (Wildman–Crippen MR) is 71.5 cm³/mol. The lowest BCUT2D eigenvalue weighted by atomic mass is 10.1. The van der Waals surface area contributed by atoms with Crippen LogP contribution >= 0.6 is 11.6 Å². The minimum absolute atomic E-state index is 0.00438. The van der Waals surface area contributed by atoms with E-state index in [1.54, 1.807) is 0 Å². The molecule has 1 aliphatic heterocycles. The molecular weight excluding hydrogens is 236 g/mol. The lowest BCUT2D eigenvalue weighted by molar-refractivity contribution is 0.145. The molecule has 1 aromatic rings. The monoisotopic (exact) mass is 254 g/mol. The Hall–Kier alpha value is -0.770. The van der Waals surface area contributed by atoms with Crippen LogP contribution in [0.25, 0.3) is 0 Å². The highest BCUT2D eigenvalue weighted by Gasteiger charge is 2.19. The molecule has 0 bridgehead atoms. The highest BCUT2D eigenvalue weighted by atomic mass is 35.5. The summed E-state index contributed by atoms with van der Waals surface area (Å²) in [6.07, 6.45) is 1.46. The number of aliphatic hydroxyl groups is 1. The van der Waals surface area contributed by atoms with Crippen molar-refractivity contribution in [1.82, 2.24) is 0 Å². The van der Waals surface area contributed by atoms with Gasteiger partial charge in [-0.3, -0.25) is 0 Å². The lowest BCUT2D eigenvalue weighted by Gasteiger charge is -2.32. The van der Waals surface area contributed by atoms with Gasteiger partial charge in [-0.2, -0.15) is 0 Å². The van der Waals surface area contributed by atoms with Crippen LogP contribution in [0, 0.1) is 0 Å². The fraction of sp³-hybridized carbons (Fsp3) is 0.538. The molecule has 1 atom stereocenters. The largest absolute Gasteiger partial charge is 0.393 e. The van der Waals surface area contributed by atoms with Crippen molar-refractivity contribution in [2.24, 2.45) is 5.73 Å². The number of hydrogen-bond donors (Lipinski definition) is 2. The van der Waals surface area contributed by atoms with Crippen molar-refractivity contribution in [3.63, 3.8) is 0 Å². The molecule has 0 spiro atoms. The van der Waals surface area contributed by atoms with E-state index in [1.807, 2.05) is 25.1 Å². The van der Waals surface area contributed by atoms with Crippen LogP contribution < -0.4 is 10.6 Å². The van der Waals surface area contributed by atoms with Crippen molar-refractivity contribution >= 4 is 17.3 Å². The number of piperidine rings is 1. The first-order chi connectivity index (χ1) is 8.08. The van der Waals surface area contributed by atoms with Crippen LogP contribution in [0.5, 0.6) is 0 Å². The third kappa shape index (κ3) is 2.92. The molecule has 0 saturated carbocycles. The Morgan fingerprint density at radius 3 is 2.59 bits per heavy atom. The molecule has 0 aliphatic carbocycles. The van der Waals surface area contributed by atoms with Crippen LogP contribution in [0.3, 0.4) is 0 Å². The van der Waals surface area contributed by atoms with E-state index >= 15 is 0 Å². The van der Waals surface area contributed by atoms with Gasteiger partial charge in [0.05, 0.1) is 16.8 Å². The van der Waals surface area contributed by atoms with Gasteiger partial charge >= 0.3 is 0 Å². The van der Waals surface area contributed by atoms with Gasteiger partial charge in [-0.25, -0.2) is 0 Å². The van der Waals surface area contributed by atoms with Crippen LogP contribution in [-0.2, 0) is 0 Å². The first-order valence-corrected chi connectivity index (χ1v) is 6.44. The Morgan fingerprint density at radius 2 is 2.06 bits per heavy atom. The molecule has 17 heavy (non-hydrogen) atoms. The maximum atomic E-state index is 9.48. The molecule has 1 fully saturated rings. The average Bonchev–Trinajstić information content (AvgIpc) is 2.30. The van der Waals surface area contributed by atoms with Crippen molar-refractivity contribution in [2.75, 3.05) is 18.0 Å². The molecule has 2 rings (SSSR count). The molecule has 3 N–H and O–H groups in total. The normalized spacial score (nSPS) is 19.4. The van der Waals surface area contributed by atoms with E-state index in [-0.39, 0.29) is 12.1 Å².